The average Bonchev–Trinajstić information content (AvgIpc) is 2.24. The van der Waals surface area contributed by atoms with E-state index in [9.17, 15) is 13.5 Å². The van der Waals surface area contributed by atoms with Crippen molar-refractivity contribution in [2.75, 3.05) is 13.1 Å². The predicted molar refractivity (Wildman–Crippen MR) is 75.8 cm³/mol. The highest BCUT2D eigenvalue weighted by atomic mass is 79.9. The molecule has 18 heavy (non-hydrogen) atoms. The van der Waals surface area contributed by atoms with Crippen LogP contribution in [-0.2, 0) is 10.0 Å². The van der Waals surface area contributed by atoms with Gasteiger partial charge in [-0.2, -0.15) is 4.31 Å². The van der Waals surface area contributed by atoms with E-state index in [4.69, 9.17) is 0 Å². The van der Waals surface area contributed by atoms with Gasteiger partial charge in [0.2, 0.25) is 10.0 Å². The van der Waals surface area contributed by atoms with E-state index in [0.717, 1.165) is 4.47 Å². The molecule has 1 aromatic carbocycles. The molecule has 0 aliphatic carbocycles. The SMILES string of the molecule is CCC1(O)CN(S(=O)(=O)c2ccc(Br)cc2Br)C1. The number of hydrogen-bond acceptors (Lipinski definition) is 3. The topological polar surface area (TPSA) is 57.6 Å². The van der Waals surface area contributed by atoms with Crippen molar-refractivity contribution in [3.8, 4) is 0 Å². The van der Waals surface area contributed by atoms with Gasteiger partial charge in [-0.3, -0.25) is 0 Å². The van der Waals surface area contributed by atoms with Gasteiger partial charge in [-0.05, 0) is 40.5 Å². The van der Waals surface area contributed by atoms with E-state index in [1.807, 2.05) is 6.92 Å². The zero-order chi connectivity index (χ0) is 13.6. The van der Waals surface area contributed by atoms with Crippen LogP contribution in [0.2, 0.25) is 0 Å². The van der Waals surface area contributed by atoms with Crippen LogP contribution in [0.15, 0.2) is 32.0 Å². The summed E-state index contributed by atoms with van der Waals surface area (Å²) in [4.78, 5) is 0.226. The predicted octanol–water partition coefficient (Wildman–Crippen LogP) is 2.36. The van der Waals surface area contributed by atoms with Crippen LogP contribution in [0, 0.1) is 0 Å². The first-order valence-electron chi connectivity index (χ1n) is 5.46. The molecule has 4 nitrogen and oxygen atoms in total. The molecule has 1 aromatic rings. The van der Waals surface area contributed by atoms with Gasteiger partial charge < -0.3 is 5.11 Å². The highest BCUT2D eigenvalue weighted by Crippen LogP contribution is 2.34. The Morgan fingerprint density at radius 2 is 2.00 bits per heavy atom. The van der Waals surface area contributed by atoms with Crippen LogP contribution in [-0.4, -0.2) is 36.5 Å². The summed E-state index contributed by atoms with van der Waals surface area (Å²) < 4.78 is 27.3. The number of aliphatic hydroxyl groups is 1. The minimum Gasteiger partial charge on any atom is -0.387 e. The van der Waals surface area contributed by atoms with Crippen molar-refractivity contribution >= 4 is 41.9 Å². The third-order valence-corrected chi connectivity index (χ3v) is 6.37. The Kier molecular flexibility index (Phi) is 3.91. The lowest BCUT2D eigenvalue weighted by atomic mass is 9.94. The summed E-state index contributed by atoms with van der Waals surface area (Å²) in [5.41, 5.74) is -0.866. The Morgan fingerprint density at radius 3 is 2.50 bits per heavy atom. The first-order chi connectivity index (χ1) is 8.28. The van der Waals surface area contributed by atoms with Crippen LogP contribution in [0.5, 0.6) is 0 Å². The van der Waals surface area contributed by atoms with Crippen molar-refractivity contribution in [3.05, 3.63) is 27.1 Å². The Bertz CT molecular complexity index is 568. The van der Waals surface area contributed by atoms with Crippen molar-refractivity contribution in [2.24, 2.45) is 0 Å². The number of halogens is 2. The molecule has 2 rings (SSSR count). The van der Waals surface area contributed by atoms with Crippen LogP contribution >= 0.6 is 31.9 Å². The number of benzene rings is 1. The maximum atomic E-state index is 12.3. The summed E-state index contributed by atoms with van der Waals surface area (Å²) in [6, 6.07) is 4.93. The molecule has 0 aromatic heterocycles. The van der Waals surface area contributed by atoms with Crippen LogP contribution < -0.4 is 0 Å². The third-order valence-electron chi connectivity index (χ3n) is 3.11. The molecule has 0 bridgehead atoms. The molecule has 1 aliphatic rings. The molecule has 0 unspecified atom stereocenters. The first-order valence-corrected chi connectivity index (χ1v) is 8.49. The molecular weight excluding hydrogens is 386 g/mol. The smallest absolute Gasteiger partial charge is 0.244 e. The molecule has 0 saturated carbocycles. The normalized spacial score (nSPS) is 19.6. The van der Waals surface area contributed by atoms with E-state index in [1.165, 1.54) is 4.31 Å². The molecule has 1 saturated heterocycles. The molecule has 0 radical (unpaired) electrons. The Morgan fingerprint density at radius 1 is 1.39 bits per heavy atom. The van der Waals surface area contributed by atoms with E-state index in [2.05, 4.69) is 31.9 Å². The maximum absolute atomic E-state index is 12.3. The Balaban J connectivity index is 2.28. The van der Waals surface area contributed by atoms with E-state index >= 15 is 0 Å². The standard InChI is InChI=1S/C11H13Br2NO3S/c1-2-11(15)6-14(7-11)18(16,17)10-4-3-8(12)5-9(10)13/h3-5,15H,2,6-7H2,1H3. The fourth-order valence-corrected chi connectivity index (χ4v) is 5.13. The fraction of sp³-hybridized carbons (Fsp3) is 0.455. The van der Waals surface area contributed by atoms with Gasteiger partial charge in [0.25, 0.3) is 0 Å². The molecule has 1 aliphatic heterocycles. The summed E-state index contributed by atoms with van der Waals surface area (Å²) in [6.07, 6.45) is 0.556. The minimum atomic E-state index is -3.53. The number of hydrogen-bond donors (Lipinski definition) is 1. The van der Waals surface area contributed by atoms with E-state index in [1.54, 1.807) is 18.2 Å². The van der Waals surface area contributed by atoms with Crippen LogP contribution in [0.1, 0.15) is 13.3 Å². The first kappa shape index (κ1) is 14.5. The number of β-amino-alcohol motifs (C(OH)–C–C–N with tert-alkyl or cyclic N) is 1. The van der Waals surface area contributed by atoms with E-state index < -0.39 is 15.6 Å². The molecule has 7 heteroatoms. The van der Waals surface area contributed by atoms with E-state index in [0.29, 0.717) is 10.9 Å². The van der Waals surface area contributed by atoms with Gasteiger partial charge in [0, 0.05) is 22.0 Å². The van der Waals surface area contributed by atoms with Crippen molar-refractivity contribution < 1.29 is 13.5 Å². The molecule has 1 heterocycles. The summed E-state index contributed by atoms with van der Waals surface area (Å²) >= 11 is 6.53. The van der Waals surface area contributed by atoms with Crippen molar-refractivity contribution in [3.63, 3.8) is 0 Å². The summed E-state index contributed by atoms with van der Waals surface area (Å²) in [7, 11) is -3.53. The van der Waals surface area contributed by atoms with Crippen molar-refractivity contribution in [2.45, 2.75) is 23.8 Å². The maximum Gasteiger partial charge on any atom is 0.244 e. The van der Waals surface area contributed by atoms with Crippen LogP contribution in [0.25, 0.3) is 0 Å². The zero-order valence-electron chi connectivity index (χ0n) is 9.73. The summed E-state index contributed by atoms with van der Waals surface area (Å²) in [5, 5.41) is 9.89. The fourth-order valence-electron chi connectivity index (χ4n) is 1.83. The van der Waals surface area contributed by atoms with Gasteiger partial charge in [-0.25, -0.2) is 8.42 Å². The van der Waals surface area contributed by atoms with Crippen LogP contribution in [0.4, 0.5) is 0 Å². The van der Waals surface area contributed by atoms with E-state index in [-0.39, 0.29) is 18.0 Å². The number of rotatable bonds is 3. The second-order valence-corrected chi connectivity index (χ2v) is 8.10. The molecular formula is C11H13Br2NO3S. The lowest BCUT2D eigenvalue weighted by Gasteiger charge is -2.44. The van der Waals surface area contributed by atoms with Gasteiger partial charge in [-0.15, -0.1) is 0 Å². The second kappa shape index (κ2) is 4.86. The Hall–Kier alpha value is 0.0500. The monoisotopic (exact) mass is 397 g/mol. The Labute approximate surface area is 123 Å². The average molecular weight is 399 g/mol. The van der Waals surface area contributed by atoms with Gasteiger partial charge in [0.1, 0.15) is 0 Å². The summed E-state index contributed by atoms with van der Waals surface area (Å²) in [6.45, 7) is 2.17. The molecule has 0 amide bonds. The lowest BCUT2D eigenvalue weighted by molar-refractivity contribution is -0.0613. The molecule has 0 atom stereocenters. The zero-order valence-corrected chi connectivity index (χ0v) is 13.7. The van der Waals surface area contributed by atoms with Crippen molar-refractivity contribution in [1.29, 1.82) is 0 Å². The van der Waals surface area contributed by atoms with Gasteiger partial charge in [0.05, 0.1) is 10.5 Å². The molecule has 1 N–H and O–H groups in total. The quantitative estimate of drug-likeness (QED) is 0.850. The molecule has 0 spiro atoms. The lowest BCUT2D eigenvalue weighted by Crippen LogP contribution is -2.62. The largest absolute Gasteiger partial charge is 0.387 e. The van der Waals surface area contributed by atoms with Crippen molar-refractivity contribution in [1.82, 2.24) is 4.31 Å². The second-order valence-electron chi connectivity index (χ2n) is 4.43. The molecule has 1 fully saturated rings. The van der Waals surface area contributed by atoms with Gasteiger partial charge in [-0.1, -0.05) is 22.9 Å². The van der Waals surface area contributed by atoms with Gasteiger partial charge >= 0.3 is 0 Å². The van der Waals surface area contributed by atoms with Gasteiger partial charge in [0.15, 0.2) is 0 Å². The molecule has 100 valence electrons. The number of sulfonamides is 1. The van der Waals surface area contributed by atoms with Crippen LogP contribution in [0.3, 0.4) is 0 Å². The summed E-state index contributed by atoms with van der Waals surface area (Å²) in [5.74, 6) is 0. The number of nitrogens with zero attached hydrogens (tertiary/aromatic N) is 1. The third kappa shape index (κ3) is 2.51. The highest BCUT2D eigenvalue weighted by Gasteiger charge is 2.46. The highest BCUT2D eigenvalue weighted by molar-refractivity contribution is 9.11. The minimum absolute atomic E-state index is 0.161.